The van der Waals surface area contributed by atoms with Gasteiger partial charge >= 0.3 is 0 Å². The highest BCUT2D eigenvalue weighted by Crippen LogP contribution is 2.20. The lowest BCUT2D eigenvalue weighted by Crippen LogP contribution is -2.15. The number of aromatic nitrogens is 5. The molecule has 0 saturated heterocycles. The Bertz CT molecular complexity index is 583. The minimum absolute atomic E-state index is 0.606. The van der Waals surface area contributed by atoms with E-state index in [9.17, 15) is 0 Å². The predicted molar refractivity (Wildman–Crippen MR) is 71.9 cm³/mol. The number of nitrogens with one attached hydrogen (secondary N) is 1. The molecule has 0 bridgehead atoms. The van der Waals surface area contributed by atoms with Gasteiger partial charge in [0.15, 0.2) is 0 Å². The maximum atomic E-state index is 6.21. The molecular weight excluding hydrogens is 264 g/mol. The fourth-order valence-corrected chi connectivity index (χ4v) is 2.28. The Hall–Kier alpha value is -1.40. The third-order valence-corrected chi connectivity index (χ3v) is 3.80. The molecule has 0 aromatic carbocycles. The van der Waals surface area contributed by atoms with Crippen molar-refractivity contribution in [1.82, 2.24) is 30.1 Å². The standard InChI is InChI=1S/C12H17ClN6/c1-8-11(12(13)18(2)16-8)7-19-6-10(15-17-19)5-14-9-3-4-9/h6,9,14H,3-5,7H2,1-2H3. The van der Waals surface area contributed by atoms with E-state index in [4.69, 9.17) is 11.6 Å². The summed E-state index contributed by atoms with van der Waals surface area (Å²) in [5.74, 6) is 0. The largest absolute Gasteiger partial charge is 0.308 e. The molecule has 1 aliphatic carbocycles. The lowest BCUT2D eigenvalue weighted by atomic mass is 10.2. The highest BCUT2D eigenvalue weighted by atomic mass is 35.5. The first-order valence-corrected chi connectivity index (χ1v) is 6.81. The van der Waals surface area contributed by atoms with Crippen LogP contribution in [-0.2, 0) is 20.1 Å². The van der Waals surface area contributed by atoms with Crippen molar-refractivity contribution in [3.63, 3.8) is 0 Å². The van der Waals surface area contributed by atoms with Crippen LogP contribution in [0.5, 0.6) is 0 Å². The first-order valence-electron chi connectivity index (χ1n) is 6.44. The van der Waals surface area contributed by atoms with Crippen LogP contribution in [0.1, 0.15) is 29.8 Å². The highest BCUT2D eigenvalue weighted by Gasteiger charge is 2.20. The number of aryl methyl sites for hydroxylation is 2. The van der Waals surface area contributed by atoms with Gasteiger partial charge in [0.25, 0.3) is 0 Å². The summed E-state index contributed by atoms with van der Waals surface area (Å²) in [5.41, 5.74) is 2.89. The summed E-state index contributed by atoms with van der Waals surface area (Å²) in [7, 11) is 1.84. The van der Waals surface area contributed by atoms with Crippen LogP contribution in [0.3, 0.4) is 0 Å². The van der Waals surface area contributed by atoms with E-state index < -0.39 is 0 Å². The zero-order valence-corrected chi connectivity index (χ0v) is 11.9. The molecule has 0 spiro atoms. The summed E-state index contributed by atoms with van der Waals surface area (Å²) in [5, 5.41) is 16.7. The molecule has 0 atom stereocenters. The van der Waals surface area contributed by atoms with Gasteiger partial charge in [-0.25, -0.2) is 4.68 Å². The van der Waals surface area contributed by atoms with Crippen LogP contribution in [0.4, 0.5) is 0 Å². The monoisotopic (exact) mass is 280 g/mol. The zero-order chi connectivity index (χ0) is 13.4. The van der Waals surface area contributed by atoms with Gasteiger partial charge < -0.3 is 5.32 Å². The van der Waals surface area contributed by atoms with E-state index in [2.05, 4.69) is 20.7 Å². The van der Waals surface area contributed by atoms with Gasteiger partial charge in [-0.05, 0) is 19.8 Å². The number of halogens is 1. The van der Waals surface area contributed by atoms with E-state index in [1.54, 1.807) is 9.36 Å². The van der Waals surface area contributed by atoms with Crippen LogP contribution in [0.25, 0.3) is 0 Å². The Morgan fingerprint density at radius 3 is 2.89 bits per heavy atom. The molecule has 0 unspecified atom stereocenters. The van der Waals surface area contributed by atoms with Gasteiger partial charge in [-0.1, -0.05) is 16.8 Å². The Labute approximate surface area is 116 Å². The molecule has 2 aromatic heterocycles. The lowest BCUT2D eigenvalue weighted by Gasteiger charge is -2.00. The molecule has 1 N–H and O–H groups in total. The van der Waals surface area contributed by atoms with E-state index in [1.165, 1.54) is 12.8 Å². The van der Waals surface area contributed by atoms with Gasteiger partial charge in [-0.2, -0.15) is 5.10 Å². The summed E-state index contributed by atoms with van der Waals surface area (Å²) < 4.78 is 3.48. The molecule has 6 nitrogen and oxygen atoms in total. The summed E-state index contributed by atoms with van der Waals surface area (Å²) in [6.45, 7) is 3.34. The molecule has 0 aliphatic heterocycles. The number of hydrogen-bond acceptors (Lipinski definition) is 4. The summed E-state index contributed by atoms with van der Waals surface area (Å²) >= 11 is 6.21. The topological polar surface area (TPSA) is 60.6 Å². The zero-order valence-electron chi connectivity index (χ0n) is 11.1. The van der Waals surface area contributed by atoms with Crippen molar-refractivity contribution in [3.05, 3.63) is 28.3 Å². The molecule has 1 aliphatic rings. The maximum absolute atomic E-state index is 6.21. The molecular formula is C12H17ClN6. The lowest BCUT2D eigenvalue weighted by molar-refractivity contribution is 0.644. The van der Waals surface area contributed by atoms with E-state index in [1.807, 2.05) is 20.2 Å². The number of nitrogens with zero attached hydrogens (tertiary/aromatic N) is 5. The van der Waals surface area contributed by atoms with Crippen LogP contribution in [0, 0.1) is 6.92 Å². The average Bonchev–Trinajstić information content (AvgIpc) is 3.06. The van der Waals surface area contributed by atoms with Crippen LogP contribution >= 0.6 is 11.6 Å². The summed E-state index contributed by atoms with van der Waals surface area (Å²) in [4.78, 5) is 0. The van der Waals surface area contributed by atoms with Crippen molar-refractivity contribution < 1.29 is 0 Å². The van der Waals surface area contributed by atoms with Gasteiger partial charge in [0.2, 0.25) is 0 Å². The van der Waals surface area contributed by atoms with Crippen molar-refractivity contribution in [2.45, 2.75) is 38.9 Å². The van der Waals surface area contributed by atoms with Gasteiger partial charge in [0.1, 0.15) is 5.15 Å². The number of hydrogen-bond donors (Lipinski definition) is 1. The number of rotatable bonds is 5. The van der Waals surface area contributed by atoms with Gasteiger partial charge in [-0.15, -0.1) is 5.10 Å². The average molecular weight is 281 g/mol. The quantitative estimate of drug-likeness (QED) is 0.896. The SMILES string of the molecule is Cc1nn(C)c(Cl)c1Cn1cc(CNC2CC2)nn1. The second kappa shape index (κ2) is 4.94. The van der Waals surface area contributed by atoms with E-state index in [-0.39, 0.29) is 0 Å². The molecule has 0 radical (unpaired) electrons. The van der Waals surface area contributed by atoms with E-state index in [0.717, 1.165) is 23.5 Å². The van der Waals surface area contributed by atoms with Crippen molar-refractivity contribution in [2.75, 3.05) is 0 Å². The Morgan fingerprint density at radius 2 is 2.26 bits per heavy atom. The van der Waals surface area contributed by atoms with Crippen LogP contribution in [-0.4, -0.2) is 30.8 Å². The molecule has 19 heavy (non-hydrogen) atoms. The first kappa shape index (κ1) is 12.6. The molecule has 3 rings (SSSR count). The second-order valence-electron chi connectivity index (χ2n) is 5.04. The van der Waals surface area contributed by atoms with Gasteiger partial charge in [-0.3, -0.25) is 4.68 Å². The fourth-order valence-electron chi connectivity index (χ4n) is 2.05. The molecule has 7 heteroatoms. The second-order valence-corrected chi connectivity index (χ2v) is 5.40. The summed E-state index contributed by atoms with van der Waals surface area (Å²) in [6, 6.07) is 0.681. The van der Waals surface area contributed by atoms with E-state index >= 15 is 0 Å². The maximum Gasteiger partial charge on any atom is 0.132 e. The molecule has 1 fully saturated rings. The van der Waals surface area contributed by atoms with Gasteiger partial charge in [0.05, 0.1) is 24.1 Å². The molecule has 2 heterocycles. The van der Waals surface area contributed by atoms with Gasteiger partial charge in [0, 0.05) is 25.2 Å². The van der Waals surface area contributed by atoms with Crippen LogP contribution < -0.4 is 5.32 Å². The van der Waals surface area contributed by atoms with Crippen LogP contribution in [0.15, 0.2) is 6.20 Å². The van der Waals surface area contributed by atoms with Crippen molar-refractivity contribution in [2.24, 2.45) is 7.05 Å². The molecule has 1 saturated carbocycles. The Kier molecular flexibility index (Phi) is 3.28. The third-order valence-electron chi connectivity index (χ3n) is 3.33. The predicted octanol–water partition coefficient (Wildman–Crippen LogP) is 1.27. The Balaban J connectivity index is 1.68. The fraction of sp³-hybridized carbons (Fsp3) is 0.583. The highest BCUT2D eigenvalue weighted by molar-refractivity contribution is 6.30. The summed E-state index contributed by atoms with van der Waals surface area (Å²) in [6.07, 6.45) is 4.51. The smallest absolute Gasteiger partial charge is 0.132 e. The van der Waals surface area contributed by atoms with Crippen molar-refractivity contribution >= 4 is 11.6 Å². The van der Waals surface area contributed by atoms with Crippen molar-refractivity contribution in [1.29, 1.82) is 0 Å². The minimum Gasteiger partial charge on any atom is -0.308 e. The van der Waals surface area contributed by atoms with Crippen LogP contribution in [0.2, 0.25) is 5.15 Å². The first-order chi connectivity index (χ1) is 9.13. The Morgan fingerprint density at radius 1 is 1.47 bits per heavy atom. The third kappa shape index (κ3) is 2.79. The normalized spacial score (nSPS) is 15.1. The van der Waals surface area contributed by atoms with Crippen molar-refractivity contribution in [3.8, 4) is 0 Å². The minimum atomic E-state index is 0.606. The molecule has 2 aromatic rings. The molecule has 102 valence electrons. The molecule has 0 amide bonds. The van der Waals surface area contributed by atoms with E-state index in [0.29, 0.717) is 17.7 Å².